The van der Waals surface area contributed by atoms with Gasteiger partial charge in [-0.2, -0.15) is 0 Å². The quantitative estimate of drug-likeness (QED) is 0.817. The van der Waals surface area contributed by atoms with Crippen molar-refractivity contribution in [3.63, 3.8) is 0 Å². The minimum atomic E-state index is -0.278. The standard InChI is InChI=1S/C14H18N2O2/c1-16(2)9-5-8-12-10-6-3-4-7-11(10)13(17)15-14(12)18/h3-4,6-7,12H,5,8-9H2,1-2H3,(H,15,17,18). The second-order valence-corrected chi connectivity index (χ2v) is 4.90. The summed E-state index contributed by atoms with van der Waals surface area (Å²) in [5.41, 5.74) is 1.50. The SMILES string of the molecule is CN(C)CCCC1C(=O)NC(=O)c2ccccc21. The van der Waals surface area contributed by atoms with Crippen molar-refractivity contribution >= 4 is 11.8 Å². The fourth-order valence-electron chi connectivity index (χ4n) is 2.31. The normalized spacial score (nSPS) is 18.7. The molecule has 1 aliphatic heterocycles. The van der Waals surface area contributed by atoms with Gasteiger partial charge in [-0.15, -0.1) is 0 Å². The molecule has 2 amide bonds. The van der Waals surface area contributed by atoms with E-state index in [0.717, 1.165) is 24.9 Å². The molecule has 0 aromatic heterocycles. The average molecular weight is 246 g/mol. The Balaban J connectivity index is 2.17. The highest BCUT2D eigenvalue weighted by molar-refractivity contribution is 6.11. The first-order chi connectivity index (χ1) is 8.59. The van der Waals surface area contributed by atoms with Crippen molar-refractivity contribution in [3.05, 3.63) is 35.4 Å². The molecule has 2 rings (SSSR count). The van der Waals surface area contributed by atoms with Crippen molar-refractivity contribution in [1.82, 2.24) is 10.2 Å². The smallest absolute Gasteiger partial charge is 0.258 e. The van der Waals surface area contributed by atoms with Gasteiger partial charge in [0.05, 0.1) is 5.92 Å². The van der Waals surface area contributed by atoms with E-state index in [1.807, 2.05) is 32.3 Å². The van der Waals surface area contributed by atoms with Crippen molar-refractivity contribution < 1.29 is 9.59 Å². The fourth-order valence-corrected chi connectivity index (χ4v) is 2.31. The van der Waals surface area contributed by atoms with Crippen LogP contribution in [0.5, 0.6) is 0 Å². The summed E-state index contributed by atoms with van der Waals surface area (Å²) in [5, 5.41) is 2.43. The molecule has 1 N–H and O–H groups in total. The van der Waals surface area contributed by atoms with Crippen LogP contribution in [0.1, 0.15) is 34.7 Å². The number of nitrogens with one attached hydrogen (secondary N) is 1. The lowest BCUT2D eigenvalue weighted by molar-refractivity contribution is -0.122. The molecule has 1 atom stereocenters. The molecule has 1 heterocycles. The van der Waals surface area contributed by atoms with Crippen LogP contribution in [0.15, 0.2) is 24.3 Å². The lowest BCUT2D eigenvalue weighted by Gasteiger charge is -2.24. The Kier molecular flexibility index (Phi) is 3.77. The first kappa shape index (κ1) is 12.8. The van der Waals surface area contributed by atoms with E-state index in [9.17, 15) is 9.59 Å². The maximum absolute atomic E-state index is 11.9. The van der Waals surface area contributed by atoms with Crippen LogP contribution in [0.2, 0.25) is 0 Å². The highest BCUT2D eigenvalue weighted by atomic mass is 16.2. The molecule has 4 nitrogen and oxygen atoms in total. The van der Waals surface area contributed by atoms with Crippen molar-refractivity contribution in [1.29, 1.82) is 0 Å². The minimum Gasteiger partial charge on any atom is -0.309 e. The second-order valence-electron chi connectivity index (χ2n) is 4.90. The van der Waals surface area contributed by atoms with Crippen LogP contribution in [0, 0.1) is 0 Å². The highest BCUT2D eigenvalue weighted by Crippen LogP contribution is 2.28. The number of nitrogens with zero attached hydrogens (tertiary/aromatic N) is 1. The molecule has 0 fully saturated rings. The van der Waals surface area contributed by atoms with E-state index in [-0.39, 0.29) is 17.7 Å². The van der Waals surface area contributed by atoms with Gasteiger partial charge in [0.25, 0.3) is 5.91 Å². The van der Waals surface area contributed by atoms with Crippen molar-refractivity contribution in [2.75, 3.05) is 20.6 Å². The number of amides is 2. The van der Waals surface area contributed by atoms with E-state index in [4.69, 9.17) is 0 Å². The van der Waals surface area contributed by atoms with Crippen molar-refractivity contribution in [3.8, 4) is 0 Å². The summed E-state index contributed by atoms with van der Waals surface area (Å²) in [6.07, 6.45) is 1.71. The number of carbonyl (C=O) groups excluding carboxylic acids is 2. The molecular weight excluding hydrogens is 228 g/mol. The predicted molar refractivity (Wildman–Crippen MR) is 69.4 cm³/mol. The van der Waals surface area contributed by atoms with Gasteiger partial charge in [-0.25, -0.2) is 0 Å². The fraction of sp³-hybridized carbons (Fsp3) is 0.429. The van der Waals surface area contributed by atoms with Crippen LogP contribution < -0.4 is 5.32 Å². The molecule has 1 unspecified atom stereocenters. The predicted octanol–water partition coefficient (Wildman–Crippen LogP) is 1.38. The third kappa shape index (κ3) is 2.59. The van der Waals surface area contributed by atoms with Crippen LogP contribution in [0.4, 0.5) is 0 Å². The van der Waals surface area contributed by atoms with Crippen LogP contribution in [-0.4, -0.2) is 37.4 Å². The van der Waals surface area contributed by atoms with E-state index in [2.05, 4.69) is 10.2 Å². The zero-order chi connectivity index (χ0) is 13.1. The van der Waals surface area contributed by atoms with Gasteiger partial charge in [-0.1, -0.05) is 18.2 Å². The molecule has 1 aliphatic rings. The zero-order valence-electron chi connectivity index (χ0n) is 10.8. The van der Waals surface area contributed by atoms with E-state index in [0.29, 0.717) is 5.56 Å². The lowest BCUT2D eigenvalue weighted by Crippen LogP contribution is -2.40. The Morgan fingerprint density at radius 2 is 1.94 bits per heavy atom. The van der Waals surface area contributed by atoms with E-state index < -0.39 is 0 Å². The number of rotatable bonds is 4. The summed E-state index contributed by atoms with van der Waals surface area (Å²) in [6, 6.07) is 7.36. The number of hydrogen-bond donors (Lipinski definition) is 1. The molecule has 1 aromatic carbocycles. The molecular formula is C14H18N2O2. The maximum Gasteiger partial charge on any atom is 0.258 e. The van der Waals surface area contributed by atoms with E-state index in [1.54, 1.807) is 6.07 Å². The van der Waals surface area contributed by atoms with Gasteiger partial charge >= 0.3 is 0 Å². The molecule has 0 aliphatic carbocycles. The summed E-state index contributed by atoms with van der Waals surface area (Å²) in [7, 11) is 4.02. The number of hydrogen-bond acceptors (Lipinski definition) is 3. The summed E-state index contributed by atoms with van der Waals surface area (Å²) >= 11 is 0. The van der Waals surface area contributed by atoms with Crippen molar-refractivity contribution in [2.45, 2.75) is 18.8 Å². The summed E-state index contributed by atoms with van der Waals surface area (Å²) in [6.45, 7) is 0.944. The third-order valence-electron chi connectivity index (χ3n) is 3.23. The molecule has 0 bridgehead atoms. The third-order valence-corrected chi connectivity index (χ3v) is 3.23. The molecule has 0 spiro atoms. The first-order valence-electron chi connectivity index (χ1n) is 6.18. The Labute approximate surface area is 107 Å². The number of imide groups is 1. The largest absolute Gasteiger partial charge is 0.309 e. The number of carbonyl (C=O) groups is 2. The van der Waals surface area contributed by atoms with Crippen LogP contribution >= 0.6 is 0 Å². The average Bonchev–Trinajstić information content (AvgIpc) is 2.33. The summed E-state index contributed by atoms with van der Waals surface area (Å²) in [4.78, 5) is 25.7. The Bertz CT molecular complexity index is 469. The van der Waals surface area contributed by atoms with Gasteiger partial charge in [0, 0.05) is 5.56 Å². The van der Waals surface area contributed by atoms with E-state index >= 15 is 0 Å². The van der Waals surface area contributed by atoms with Gasteiger partial charge in [-0.3, -0.25) is 14.9 Å². The highest BCUT2D eigenvalue weighted by Gasteiger charge is 2.31. The van der Waals surface area contributed by atoms with Gasteiger partial charge < -0.3 is 4.90 Å². The number of benzene rings is 1. The topological polar surface area (TPSA) is 49.4 Å². The molecule has 0 radical (unpaired) electrons. The van der Waals surface area contributed by atoms with Crippen LogP contribution in [0.3, 0.4) is 0 Å². The van der Waals surface area contributed by atoms with Gasteiger partial charge in [0.15, 0.2) is 0 Å². The maximum atomic E-state index is 11.9. The Hall–Kier alpha value is -1.68. The van der Waals surface area contributed by atoms with Gasteiger partial charge in [0.2, 0.25) is 5.91 Å². The second kappa shape index (κ2) is 5.31. The lowest BCUT2D eigenvalue weighted by atomic mass is 9.86. The molecule has 0 saturated heterocycles. The monoisotopic (exact) mass is 246 g/mol. The molecule has 0 saturated carbocycles. The molecule has 18 heavy (non-hydrogen) atoms. The van der Waals surface area contributed by atoms with Crippen LogP contribution in [-0.2, 0) is 4.79 Å². The Morgan fingerprint density at radius 3 is 2.67 bits per heavy atom. The van der Waals surface area contributed by atoms with E-state index in [1.165, 1.54) is 0 Å². The summed E-state index contributed by atoms with van der Waals surface area (Å²) in [5.74, 6) is -0.643. The van der Waals surface area contributed by atoms with Crippen molar-refractivity contribution in [2.24, 2.45) is 0 Å². The van der Waals surface area contributed by atoms with Gasteiger partial charge in [0.1, 0.15) is 0 Å². The van der Waals surface area contributed by atoms with Gasteiger partial charge in [-0.05, 0) is 45.1 Å². The minimum absolute atomic E-state index is 0.169. The number of fused-ring (bicyclic) bond motifs is 1. The molecule has 4 heteroatoms. The van der Waals surface area contributed by atoms with Crippen LogP contribution in [0.25, 0.3) is 0 Å². The Morgan fingerprint density at radius 1 is 1.22 bits per heavy atom. The zero-order valence-corrected chi connectivity index (χ0v) is 10.8. The molecule has 96 valence electrons. The summed E-state index contributed by atoms with van der Waals surface area (Å²) < 4.78 is 0. The first-order valence-corrected chi connectivity index (χ1v) is 6.18. The molecule has 1 aromatic rings.